The molecule has 0 amide bonds. The lowest BCUT2D eigenvalue weighted by molar-refractivity contribution is 0.133. The van der Waals surface area contributed by atoms with Crippen LogP contribution in [0.5, 0.6) is 0 Å². The predicted octanol–water partition coefficient (Wildman–Crippen LogP) is 4.12. The zero-order chi connectivity index (χ0) is 18.6. The first-order chi connectivity index (χ1) is 12.7. The molecule has 0 fully saturated rings. The van der Waals surface area contributed by atoms with Gasteiger partial charge >= 0.3 is 0 Å². The van der Waals surface area contributed by atoms with E-state index in [4.69, 9.17) is 4.74 Å². The molecule has 0 saturated heterocycles. The number of thiazole rings is 1. The summed E-state index contributed by atoms with van der Waals surface area (Å²) in [5.74, 6) is 0.903. The number of unbranched alkanes of at least 4 members (excludes halogenated alkanes) is 1. The first-order valence-electron chi connectivity index (χ1n) is 9.13. The highest BCUT2D eigenvalue weighted by Gasteiger charge is 2.08. The molecular formula is C20H31IN4OS. The van der Waals surface area contributed by atoms with Crippen LogP contribution in [0.4, 0.5) is 0 Å². The van der Waals surface area contributed by atoms with Crippen LogP contribution < -0.4 is 5.32 Å². The molecule has 0 saturated carbocycles. The highest BCUT2D eigenvalue weighted by atomic mass is 127. The van der Waals surface area contributed by atoms with Gasteiger partial charge in [-0.1, -0.05) is 30.3 Å². The zero-order valence-electron chi connectivity index (χ0n) is 16.5. The third-order valence-electron chi connectivity index (χ3n) is 4.02. The van der Waals surface area contributed by atoms with E-state index < -0.39 is 0 Å². The predicted molar refractivity (Wildman–Crippen MR) is 125 cm³/mol. The van der Waals surface area contributed by atoms with Gasteiger partial charge < -0.3 is 15.0 Å². The summed E-state index contributed by atoms with van der Waals surface area (Å²) in [6.45, 7) is 5.29. The molecule has 5 nitrogen and oxygen atoms in total. The van der Waals surface area contributed by atoms with Crippen LogP contribution in [-0.4, -0.2) is 49.7 Å². The largest absolute Gasteiger partial charge is 0.381 e. The molecule has 0 spiro atoms. The summed E-state index contributed by atoms with van der Waals surface area (Å²) in [5, 5.41) is 6.61. The van der Waals surface area contributed by atoms with Gasteiger partial charge in [0.1, 0.15) is 0 Å². The molecule has 1 aromatic carbocycles. The highest BCUT2D eigenvalue weighted by molar-refractivity contribution is 14.0. The first-order valence-corrected chi connectivity index (χ1v) is 10.0. The summed E-state index contributed by atoms with van der Waals surface area (Å²) in [7, 11) is 3.86. The second-order valence-electron chi connectivity index (χ2n) is 6.24. The molecule has 0 aliphatic carbocycles. The number of rotatable bonds is 10. The van der Waals surface area contributed by atoms with E-state index in [1.807, 2.05) is 27.1 Å². The molecule has 27 heavy (non-hydrogen) atoms. The summed E-state index contributed by atoms with van der Waals surface area (Å²) in [5.41, 5.74) is 2.42. The molecule has 0 atom stereocenters. The van der Waals surface area contributed by atoms with E-state index in [1.165, 1.54) is 5.56 Å². The Morgan fingerprint density at radius 3 is 2.67 bits per heavy atom. The number of halogens is 1. The molecule has 0 unspecified atom stereocenters. The number of guanidine groups is 1. The Bertz CT molecular complexity index is 663. The molecule has 0 bridgehead atoms. The average molecular weight is 502 g/mol. The summed E-state index contributed by atoms with van der Waals surface area (Å²) in [6, 6.07) is 10.5. The van der Waals surface area contributed by atoms with Crippen molar-refractivity contribution in [3.63, 3.8) is 0 Å². The quantitative estimate of drug-likeness (QED) is 0.230. The second-order valence-corrected chi connectivity index (χ2v) is 7.31. The number of benzene rings is 1. The Morgan fingerprint density at radius 2 is 2.00 bits per heavy atom. The van der Waals surface area contributed by atoms with E-state index in [0.29, 0.717) is 0 Å². The van der Waals surface area contributed by atoms with Crippen LogP contribution in [0.2, 0.25) is 0 Å². The lowest BCUT2D eigenvalue weighted by Crippen LogP contribution is -2.39. The van der Waals surface area contributed by atoms with Gasteiger partial charge in [0.2, 0.25) is 0 Å². The first kappa shape index (κ1) is 23.8. The van der Waals surface area contributed by atoms with Gasteiger partial charge in [-0.3, -0.25) is 4.99 Å². The van der Waals surface area contributed by atoms with E-state index in [-0.39, 0.29) is 24.0 Å². The van der Waals surface area contributed by atoms with Crippen molar-refractivity contribution in [3.8, 4) is 0 Å². The van der Waals surface area contributed by atoms with Gasteiger partial charge in [0.25, 0.3) is 0 Å². The topological polar surface area (TPSA) is 49.8 Å². The van der Waals surface area contributed by atoms with Crippen molar-refractivity contribution in [2.75, 3.05) is 33.9 Å². The molecule has 1 N–H and O–H groups in total. The third-order valence-corrected chi connectivity index (χ3v) is 4.84. The molecule has 0 aliphatic heterocycles. The molecule has 150 valence electrons. The van der Waals surface area contributed by atoms with Crippen molar-refractivity contribution >= 4 is 41.3 Å². The van der Waals surface area contributed by atoms with Crippen molar-refractivity contribution in [1.29, 1.82) is 0 Å². The molecule has 7 heteroatoms. The fourth-order valence-electron chi connectivity index (χ4n) is 2.65. The number of aliphatic imine (C=N–C) groups is 1. The summed E-state index contributed by atoms with van der Waals surface area (Å²) < 4.78 is 5.72. The van der Waals surface area contributed by atoms with Crippen LogP contribution >= 0.6 is 35.3 Å². The molecule has 0 radical (unpaired) electrons. The number of aromatic nitrogens is 1. The summed E-state index contributed by atoms with van der Waals surface area (Å²) in [4.78, 5) is 11.0. The van der Waals surface area contributed by atoms with Gasteiger partial charge in [0.05, 0.1) is 23.9 Å². The van der Waals surface area contributed by atoms with Gasteiger partial charge in [-0.25, -0.2) is 4.98 Å². The van der Waals surface area contributed by atoms with E-state index in [0.717, 1.165) is 62.2 Å². The van der Waals surface area contributed by atoms with Crippen molar-refractivity contribution < 1.29 is 4.74 Å². The molecule has 0 aliphatic rings. The number of nitrogens with one attached hydrogen (secondary N) is 1. The highest BCUT2D eigenvalue weighted by Crippen LogP contribution is 2.09. The van der Waals surface area contributed by atoms with Crippen molar-refractivity contribution in [1.82, 2.24) is 15.2 Å². The normalized spacial score (nSPS) is 11.1. The van der Waals surface area contributed by atoms with Gasteiger partial charge in [0.15, 0.2) is 5.96 Å². The lowest BCUT2D eigenvalue weighted by Gasteiger charge is -2.21. The Labute approximate surface area is 184 Å². The Morgan fingerprint density at radius 1 is 1.22 bits per heavy atom. The maximum Gasteiger partial charge on any atom is 0.193 e. The lowest BCUT2D eigenvalue weighted by atomic mass is 10.2. The number of nitrogens with zero attached hydrogens (tertiary/aromatic N) is 3. The van der Waals surface area contributed by atoms with Crippen molar-refractivity contribution in [2.45, 2.75) is 32.7 Å². The van der Waals surface area contributed by atoms with E-state index >= 15 is 0 Å². The van der Waals surface area contributed by atoms with Crippen molar-refractivity contribution in [3.05, 3.63) is 52.0 Å². The van der Waals surface area contributed by atoms with Crippen molar-refractivity contribution in [2.24, 2.45) is 4.99 Å². The summed E-state index contributed by atoms with van der Waals surface area (Å²) >= 11 is 1.68. The summed E-state index contributed by atoms with van der Waals surface area (Å²) in [6.07, 6.45) is 3.09. The van der Waals surface area contributed by atoms with Crippen LogP contribution in [0.15, 0.2) is 40.7 Å². The van der Waals surface area contributed by atoms with Gasteiger partial charge in [-0.15, -0.1) is 35.3 Å². The van der Waals surface area contributed by atoms with Crippen LogP contribution in [0, 0.1) is 6.92 Å². The molecular weight excluding hydrogens is 471 g/mol. The Kier molecular flexibility index (Phi) is 12.3. The SMILES string of the molecule is CN=C(NCCCCOCCc1ccccc1)N(C)Cc1csc(C)n1.I. The minimum Gasteiger partial charge on any atom is -0.381 e. The number of hydrogen-bond acceptors (Lipinski definition) is 4. The maximum atomic E-state index is 5.72. The molecule has 1 aromatic heterocycles. The monoisotopic (exact) mass is 502 g/mol. The zero-order valence-corrected chi connectivity index (χ0v) is 19.6. The minimum absolute atomic E-state index is 0. The fraction of sp³-hybridized carbons (Fsp3) is 0.500. The van der Waals surface area contributed by atoms with E-state index in [9.17, 15) is 0 Å². The van der Waals surface area contributed by atoms with Gasteiger partial charge in [-0.05, 0) is 31.7 Å². The van der Waals surface area contributed by atoms with Crippen LogP contribution in [0.1, 0.15) is 29.1 Å². The molecule has 1 heterocycles. The minimum atomic E-state index is 0. The second kappa shape index (κ2) is 13.9. The van der Waals surface area contributed by atoms with Gasteiger partial charge in [0, 0.05) is 32.6 Å². The molecule has 2 rings (SSSR count). The van der Waals surface area contributed by atoms with Crippen LogP contribution in [0.25, 0.3) is 0 Å². The van der Waals surface area contributed by atoms with E-state index in [1.54, 1.807) is 11.3 Å². The third kappa shape index (κ3) is 9.53. The van der Waals surface area contributed by atoms with Crippen LogP contribution in [-0.2, 0) is 17.7 Å². The maximum absolute atomic E-state index is 5.72. The van der Waals surface area contributed by atoms with Crippen LogP contribution in [0.3, 0.4) is 0 Å². The Hall–Kier alpha value is -1.19. The standard InChI is InChI=1S/C20H30N4OS.HI/c1-17-23-19(16-26-17)15-24(3)20(21-2)22-12-7-8-13-25-14-11-18-9-5-4-6-10-18;/h4-6,9-10,16H,7-8,11-15H2,1-3H3,(H,21,22);1H. The van der Waals surface area contributed by atoms with E-state index in [2.05, 4.69) is 49.8 Å². The molecule has 2 aromatic rings. The number of hydrogen-bond donors (Lipinski definition) is 1. The Balaban J connectivity index is 0.00000364. The number of ether oxygens (including phenoxy) is 1. The average Bonchev–Trinajstić information content (AvgIpc) is 3.06. The fourth-order valence-corrected chi connectivity index (χ4v) is 3.25. The smallest absolute Gasteiger partial charge is 0.193 e. The number of aryl methyl sites for hydroxylation is 1. The van der Waals surface area contributed by atoms with Gasteiger partial charge in [-0.2, -0.15) is 0 Å².